The van der Waals surface area contributed by atoms with Crippen molar-refractivity contribution in [1.82, 2.24) is 14.8 Å². The van der Waals surface area contributed by atoms with Gasteiger partial charge in [-0.15, -0.1) is 0 Å². The molecule has 0 aromatic carbocycles. The van der Waals surface area contributed by atoms with E-state index in [1.165, 1.54) is 4.68 Å². The second-order valence-electron chi connectivity index (χ2n) is 3.76. The number of hydrogen-bond acceptors (Lipinski definition) is 4. The summed E-state index contributed by atoms with van der Waals surface area (Å²) in [7, 11) is 3.64. The molecule has 0 bridgehead atoms. The van der Waals surface area contributed by atoms with E-state index in [-0.39, 0.29) is 10.6 Å². The Labute approximate surface area is 100.0 Å². The lowest BCUT2D eigenvalue weighted by atomic mass is 10.3. The van der Waals surface area contributed by atoms with E-state index in [9.17, 15) is 4.79 Å². The lowest BCUT2D eigenvalue weighted by Gasteiger charge is -2.14. The quantitative estimate of drug-likeness (QED) is 0.800. The van der Waals surface area contributed by atoms with Gasteiger partial charge in [0.2, 0.25) is 0 Å². The molecule has 5 nitrogen and oxygen atoms in total. The van der Waals surface area contributed by atoms with Gasteiger partial charge in [-0.05, 0) is 6.42 Å². The van der Waals surface area contributed by atoms with Gasteiger partial charge >= 0.3 is 0 Å². The van der Waals surface area contributed by atoms with Gasteiger partial charge in [0, 0.05) is 20.6 Å². The minimum absolute atomic E-state index is 0.180. The van der Waals surface area contributed by atoms with E-state index >= 15 is 0 Å². The predicted molar refractivity (Wildman–Crippen MR) is 65.7 cm³/mol. The van der Waals surface area contributed by atoms with Crippen molar-refractivity contribution in [3.63, 3.8) is 0 Å². The lowest BCUT2D eigenvalue weighted by molar-refractivity contribution is 0.491. The fourth-order valence-corrected chi connectivity index (χ4v) is 1.44. The third-order valence-corrected chi connectivity index (χ3v) is 2.42. The van der Waals surface area contributed by atoms with Gasteiger partial charge in [0.25, 0.3) is 5.56 Å². The van der Waals surface area contributed by atoms with Crippen LogP contribution in [0.2, 0.25) is 5.02 Å². The summed E-state index contributed by atoms with van der Waals surface area (Å²) < 4.78 is 1.40. The summed E-state index contributed by atoms with van der Waals surface area (Å²) >= 11 is 5.96. The van der Waals surface area contributed by atoms with Gasteiger partial charge in [-0.1, -0.05) is 24.9 Å². The van der Waals surface area contributed by atoms with Gasteiger partial charge in [-0.25, -0.2) is 9.69 Å². The maximum atomic E-state index is 11.8. The van der Waals surface area contributed by atoms with Gasteiger partial charge in [0.1, 0.15) is 5.02 Å². The smallest absolute Gasteiger partial charge is 0.287 e. The number of anilines is 1. The van der Waals surface area contributed by atoms with Crippen LogP contribution in [0.25, 0.3) is 0 Å². The Morgan fingerprint density at radius 2 is 2.25 bits per heavy atom. The van der Waals surface area contributed by atoms with Crippen molar-refractivity contribution in [2.45, 2.75) is 26.3 Å². The minimum atomic E-state index is -0.248. The van der Waals surface area contributed by atoms with E-state index in [4.69, 9.17) is 11.6 Å². The van der Waals surface area contributed by atoms with E-state index in [0.29, 0.717) is 12.2 Å². The number of halogens is 1. The van der Waals surface area contributed by atoms with E-state index in [0.717, 1.165) is 12.8 Å². The Hall–Kier alpha value is -1.07. The first-order chi connectivity index (χ1) is 7.56. The van der Waals surface area contributed by atoms with Gasteiger partial charge in [-0.2, -0.15) is 5.10 Å². The third kappa shape index (κ3) is 3.21. The van der Waals surface area contributed by atoms with E-state index < -0.39 is 0 Å². The van der Waals surface area contributed by atoms with Crippen molar-refractivity contribution < 1.29 is 0 Å². The number of nitrogens with zero attached hydrogens (tertiary/aromatic N) is 3. The SMILES string of the molecule is CCCCn1ncc(NN(C)C)c(Cl)c1=O. The van der Waals surface area contributed by atoms with Crippen molar-refractivity contribution in [3.05, 3.63) is 21.6 Å². The molecule has 16 heavy (non-hydrogen) atoms. The summed E-state index contributed by atoms with van der Waals surface area (Å²) in [5, 5.41) is 5.95. The van der Waals surface area contributed by atoms with Crippen LogP contribution in [0.5, 0.6) is 0 Å². The van der Waals surface area contributed by atoms with Crippen LogP contribution in [-0.2, 0) is 6.54 Å². The summed E-state index contributed by atoms with van der Waals surface area (Å²) in [4.78, 5) is 11.8. The van der Waals surface area contributed by atoms with E-state index in [2.05, 4.69) is 17.4 Å². The van der Waals surface area contributed by atoms with Crippen LogP contribution >= 0.6 is 11.6 Å². The fraction of sp³-hybridized carbons (Fsp3) is 0.600. The van der Waals surface area contributed by atoms with Crippen molar-refractivity contribution in [2.24, 2.45) is 0 Å². The molecule has 6 heteroatoms. The topological polar surface area (TPSA) is 50.2 Å². The Morgan fingerprint density at radius 3 is 2.81 bits per heavy atom. The number of unbranched alkanes of at least 4 members (excludes halogenated alkanes) is 1. The van der Waals surface area contributed by atoms with Crippen molar-refractivity contribution in [1.29, 1.82) is 0 Å². The van der Waals surface area contributed by atoms with Crippen LogP contribution in [0.3, 0.4) is 0 Å². The molecule has 1 N–H and O–H groups in total. The summed E-state index contributed by atoms with van der Waals surface area (Å²) in [6.07, 6.45) is 3.51. The van der Waals surface area contributed by atoms with Crippen LogP contribution in [0.1, 0.15) is 19.8 Å². The number of nitrogens with one attached hydrogen (secondary N) is 1. The molecule has 0 amide bonds. The number of rotatable bonds is 5. The Morgan fingerprint density at radius 1 is 1.56 bits per heavy atom. The average molecular weight is 245 g/mol. The summed E-state index contributed by atoms with van der Waals surface area (Å²) in [6.45, 7) is 2.67. The number of hydrogen-bond donors (Lipinski definition) is 1. The molecule has 0 saturated carbocycles. The largest absolute Gasteiger partial charge is 0.316 e. The average Bonchev–Trinajstić information content (AvgIpc) is 2.23. The van der Waals surface area contributed by atoms with Crippen LogP contribution in [0.4, 0.5) is 5.69 Å². The maximum absolute atomic E-state index is 11.8. The molecule has 0 aliphatic heterocycles. The monoisotopic (exact) mass is 244 g/mol. The predicted octanol–water partition coefficient (Wildman–Crippen LogP) is 1.59. The van der Waals surface area contributed by atoms with Crippen LogP contribution in [0, 0.1) is 0 Å². The summed E-state index contributed by atoms with van der Waals surface area (Å²) in [6, 6.07) is 0. The maximum Gasteiger partial charge on any atom is 0.287 e. The zero-order valence-electron chi connectivity index (χ0n) is 9.83. The molecule has 90 valence electrons. The first kappa shape index (κ1) is 13.0. The van der Waals surface area contributed by atoms with Crippen LogP contribution < -0.4 is 11.0 Å². The second kappa shape index (κ2) is 5.86. The number of aromatic nitrogens is 2. The van der Waals surface area contributed by atoms with E-state index in [1.54, 1.807) is 11.2 Å². The number of hydrazine groups is 1. The fourth-order valence-electron chi connectivity index (χ4n) is 1.25. The van der Waals surface area contributed by atoms with Gasteiger partial charge in [0.05, 0.1) is 11.9 Å². The van der Waals surface area contributed by atoms with Gasteiger partial charge in [-0.3, -0.25) is 4.79 Å². The molecule has 1 aromatic heterocycles. The molecule has 1 heterocycles. The van der Waals surface area contributed by atoms with E-state index in [1.807, 2.05) is 14.1 Å². The Kier molecular flexibility index (Phi) is 4.76. The zero-order chi connectivity index (χ0) is 12.1. The second-order valence-corrected chi connectivity index (χ2v) is 4.14. The molecule has 0 fully saturated rings. The Bertz CT molecular complexity index is 402. The highest BCUT2D eigenvalue weighted by Crippen LogP contribution is 2.15. The Balaban J connectivity index is 2.94. The molecule has 0 atom stereocenters. The first-order valence-electron chi connectivity index (χ1n) is 5.25. The first-order valence-corrected chi connectivity index (χ1v) is 5.63. The standard InChI is InChI=1S/C10H17ClN4O/c1-4-5-6-15-10(16)9(11)8(7-12-15)13-14(2)3/h7,13H,4-6H2,1-3H3. The molecule has 0 aliphatic rings. The van der Waals surface area contributed by atoms with Crippen LogP contribution in [-0.4, -0.2) is 28.9 Å². The van der Waals surface area contributed by atoms with Crippen molar-refractivity contribution >= 4 is 17.3 Å². The highest BCUT2D eigenvalue weighted by molar-refractivity contribution is 6.32. The van der Waals surface area contributed by atoms with Gasteiger partial charge in [0.15, 0.2) is 0 Å². The molecule has 0 radical (unpaired) electrons. The molecule has 1 aromatic rings. The van der Waals surface area contributed by atoms with Crippen molar-refractivity contribution in [2.75, 3.05) is 19.5 Å². The van der Waals surface area contributed by atoms with Gasteiger partial charge < -0.3 is 5.43 Å². The van der Waals surface area contributed by atoms with Crippen molar-refractivity contribution in [3.8, 4) is 0 Å². The highest BCUT2D eigenvalue weighted by Gasteiger charge is 2.08. The molecule has 1 rings (SSSR count). The molecular weight excluding hydrogens is 228 g/mol. The number of aryl methyl sites for hydroxylation is 1. The molecule has 0 aliphatic carbocycles. The molecule has 0 unspecified atom stereocenters. The normalized spacial score (nSPS) is 10.8. The highest BCUT2D eigenvalue weighted by atomic mass is 35.5. The summed E-state index contributed by atoms with van der Waals surface area (Å²) in [5.74, 6) is 0. The third-order valence-electron chi connectivity index (χ3n) is 2.05. The molecule has 0 spiro atoms. The molecule has 0 saturated heterocycles. The zero-order valence-corrected chi connectivity index (χ0v) is 10.6. The lowest BCUT2D eigenvalue weighted by Crippen LogP contribution is -2.27. The minimum Gasteiger partial charge on any atom is -0.316 e. The molecular formula is C10H17ClN4O. The van der Waals surface area contributed by atoms with Crippen LogP contribution in [0.15, 0.2) is 11.0 Å². The summed E-state index contributed by atoms with van der Waals surface area (Å²) in [5.41, 5.74) is 3.21.